The normalized spacial score (nSPS) is 12.0. The van der Waals surface area contributed by atoms with Crippen LogP contribution in [-0.2, 0) is 0 Å². The molecule has 47 heavy (non-hydrogen) atoms. The summed E-state index contributed by atoms with van der Waals surface area (Å²) in [5.74, 6) is 0. The first-order valence-corrected chi connectivity index (χ1v) is 17.2. The lowest BCUT2D eigenvalue weighted by Crippen LogP contribution is -1.97. The van der Waals surface area contributed by atoms with Gasteiger partial charge in [0.15, 0.2) is 0 Å². The number of halogens is 2. The van der Waals surface area contributed by atoms with Gasteiger partial charge in [0, 0.05) is 52.6 Å². The third kappa shape index (κ3) is 3.90. The Morgan fingerprint density at radius 3 is 1.13 bits per heavy atom. The van der Waals surface area contributed by atoms with Crippen molar-refractivity contribution in [2.45, 2.75) is 0 Å². The highest BCUT2D eigenvalue weighted by molar-refractivity contribution is 9.11. The number of aromatic nitrogens is 3. The third-order valence-corrected chi connectivity index (χ3v) is 10.7. The molecule has 10 aromatic rings. The van der Waals surface area contributed by atoms with Crippen LogP contribution >= 0.6 is 31.9 Å². The minimum atomic E-state index is 1.04. The molecular formula is C42H25Br2N3. The molecule has 0 aliphatic rings. The fourth-order valence-electron chi connectivity index (χ4n) is 7.60. The van der Waals surface area contributed by atoms with Gasteiger partial charge in [-0.1, -0.05) is 88.7 Å². The number of rotatable bonds is 3. The van der Waals surface area contributed by atoms with E-state index in [1.165, 1.54) is 54.4 Å². The molecule has 7 aromatic carbocycles. The van der Waals surface area contributed by atoms with Gasteiger partial charge in [-0.25, -0.2) is 0 Å². The molecule has 222 valence electrons. The molecule has 3 heterocycles. The van der Waals surface area contributed by atoms with Crippen molar-refractivity contribution in [1.29, 1.82) is 0 Å². The second-order valence-corrected chi connectivity index (χ2v) is 13.8. The summed E-state index contributed by atoms with van der Waals surface area (Å²) in [6.45, 7) is 0. The minimum absolute atomic E-state index is 1.04. The molecule has 0 amide bonds. The molecule has 0 N–H and O–H groups in total. The van der Waals surface area contributed by atoms with E-state index < -0.39 is 0 Å². The maximum atomic E-state index is 3.87. The first kappa shape index (κ1) is 27.1. The molecule has 0 aliphatic heterocycles. The Hall–Kier alpha value is -5.10. The predicted octanol–water partition coefficient (Wildman–Crippen LogP) is 12.5. The van der Waals surface area contributed by atoms with Gasteiger partial charge < -0.3 is 13.7 Å². The topological polar surface area (TPSA) is 14.8 Å². The summed E-state index contributed by atoms with van der Waals surface area (Å²) >= 11 is 7.61. The van der Waals surface area contributed by atoms with Crippen molar-refractivity contribution in [2.75, 3.05) is 0 Å². The minimum Gasteiger partial charge on any atom is -0.309 e. The van der Waals surface area contributed by atoms with Crippen LogP contribution in [0.25, 0.3) is 82.5 Å². The Bertz CT molecular complexity index is 2610. The van der Waals surface area contributed by atoms with Crippen LogP contribution in [0.2, 0.25) is 0 Å². The molecule has 0 fully saturated rings. The van der Waals surface area contributed by atoms with Crippen LogP contribution in [0.15, 0.2) is 161 Å². The van der Waals surface area contributed by atoms with Crippen LogP contribution < -0.4 is 0 Å². The quantitative estimate of drug-likeness (QED) is 0.172. The van der Waals surface area contributed by atoms with Crippen LogP contribution in [0, 0.1) is 0 Å². The fourth-order valence-corrected chi connectivity index (χ4v) is 8.37. The molecule has 10 rings (SSSR count). The van der Waals surface area contributed by atoms with E-state index >= 15 is 0 Å². The van der Waals surface area contributed by atoms with E-state index in [0.29, 0.717) is 0 Å². The molecule has 3 nitrogen and oxygen atoms in total. The van der Waals surface area contributed by atoms with E-state index in [4.69, 9.17) is 0 Å². The van der Waals surface area contributed by atoms with E-state index in [0.717, 1.165) is 37.0 Å². The molecule has 0 spiro atoms. The van der Waals surface area contributed by atoms with Crippen LogP contribution in [-0.4, -0.2) is 13.7 Å². The summed E-state index contributed by atoms with van der Waals surface area (Å²) in [6.07, 6.45) is 0. The lowest BCUT2D eigenvalue weighted by molar-refractivity contribution is 1.15. The summed E-state index contributed by atoms with van der Waals surface area (Å²) in [5.41, 5.74) is 10.5. The zero-order valence-electron chi connectivity index (χ0n) is 25.0. The van der Waals surface area contributed by atoms with Crippen molar-refractivity contribution >= 4 is 97.3 Å². The average Bonchev–Trinajstić information content (AvgIpc) is 3.74. The second-order valence-electron chi connectivity index (χ2n) is 12.1. The van der Waals surface area contributed by atoms with Crippen molar-refractivity contribution in [3.8, 4) is 17.1 Å². The molecule has 5 heteroatoms. The third-order valence-electron chi connectivity index (χ3n) is 9.56. The van der Waals surface area contributed by atoms with Crippen LogP contribution in [0.1, 0.15) is 0 Å². The zero-order chi connectivity index (χ0) is 31.2. The first-order chi connectivity index (χ1) is 23.2. The summed E-state index contributed by atoms with van der Waals surface area (Å²) in [7, 11) is 0. The predicted molar refractivity (Wildman–Crippen MR) is 205 cm³/mol. The fraction of sp³-hybridized carbons (Fsp3) is 0. The van der Waals surface area contributed by atoms with Crippen LogP contribution in [0.4, 0.5) is 0 Å². The Morgan fingerprint density at radius 2 is 0.702 bits per heavy atom. The molecule has 0 saturated carbocycles. The maximum absolute atomic E-state index is 3.87. The van der Waals surface area contributed by atoms with Gasteiger partial charge >= 0.3 is 0 Å². The average molecular weight is 731 g/mol. The van der Waals surface area contributed by atoms with E-state index in [-0.39, 0.29) is 0 Å². The van der Waals surface area contributed by atoms with Crippen molar-refractivity contribution in [3.05, 3.63) is 161 Å². The van der Waals surface area contributed by atoms with Crippen molar-refractivity contribution in [1.82, 2.24) is 13.7 Å². The SMILES string of the molecule is Brc1ccc(Br)c(-n2c3ccc(-n4c5ccccc5c5ccccc54)cc3c3cc(-n4c5ccccc5c5ccccc54)ccc32)c1. The van der Waals surface area contributed by atoms with E-state index in [1.54, 1.807) is 0 Å². The molecule has 3 aromatic heterocycles. The van der Waals surface area contributed by atoms with Gasteiger partial charge in [0.25, 0.3) is 0 Å². The second kappa shape index (κ2) is 10.2. The van der Waals surface area contributed by atoms with Crippen LogP contribution in [0.5, 0.6) is 0 Å². The maximum Gasteiger partial charge on any atom is 0.0615 e. The number of benzene rings is 7. The highest BCUT2D eigenvalue weighted by atomic mass is 79.9. The molecule has 0 atom stereocenters. The lowest BCUT2D eigenvalue weighted by atomic mass is 10.1. The molecular weight excluding hydrogens is 706 g/mol. The Balaban J connectivity index is 1.32. The van der Waals surface area contributed by atoms with Gasteiger partial charge in [-0.05, 0) is 94.8 Å². The van der Waals surface area contributed by atoms with Crippen LogP contribution in [0.3, 0.4) is 0 Å². The van der Waals surface area contributed by atoms with Crippen molar-refractivity contribution in [2.24, 2.45) is 0 Å². The molecule has 0 saturated heterocycles. The lowest BCUT2D eigenvalue weighted by Gasteiger charge is -2.12. The van der Waals surface area contributed by atoms with E-state index in [9.17, 15) is 0 Å². The van der Waals surface area contributed by atoms with Crippen molar-refractivity contribution < 1.29 is 0 Å². The monoisotopic (exact) mass is 729 g/mol. The summed E-state index contributed by atoms with van der Waals surface area (Å²) in [6, 6.07) is 55.0. The smallest absolute Gasteiger partial charge is 0.0615 e. The number of para-hydroxylation sites is 4. The highest BCUT2D eigenvalue weighted by Crippen LogP contribution is 2.40. The van der Waals surface area contributed by atoms with Gasteiger partial charge in [-0.3, -0.25) is 0 Å². The van der Waals surface area contributed by atoms with Gasteiger partial charge in [0.05, 0.1) is 38.8 Å². The Labute approximate surface area is 287 Å². The van der Waals surface area contributed by atoms with Gasteiger partial charge in [0.2, 0.25) is 0 Å². The summed E-state index contributed by atoms with van der Waals surface area (Å²) < 4.78 is 9.26. The highest BCUT2D eigenvalue weighted by Gasteiger charge is 2.19. The molecule has 0 radical (unpaired) electrons. The summed E-state index contributed by atoms with van der Waals surface area (Å²) in [5, 5.41) is 7.45. The van der Waals surface area contributed by atoms with Gasteiger partial charge in [-0.2, -0.15) is 0 Å². The van der Waals surface area contributed by atoms with Crippen molar-refractivity contribution in [3.63, 3.8) is 0 Å². The van der Waals surface area contributed by atoms with E-state index in [2.05, 4.69) is 197 Å². The van der Waals surface area contributed by atoms with Gasteiger partial charge in [0.1, 0.15) is 0 Å². The van der Waals surface area contributed by atoms with Gasteiger partial charge in [-0.15, -0.1) is 0 Å². The first-order valence-electron chi connectivity index (χ1n) is 15.7. The Kier molecular flexibility index (Phi) is 5.87. The number of hydrogen-bond acceptors (Lipinski definition) is 0. The number of hydrogen-bond donors (Lipinski definition) is 0. The number of fused-ring (bicyclic) bond motifs is 9. The molecule has 0 bridgehead atoms. The summed E-state index contributed by atoms with van der Waals surface area (Å²) in [4.78, 5) is 0. The molecule has 0 aliphatic carbocycles. The zero-order valence-corrected chi connectivity index (χ0v) is 28.2. The van der Waals surface area contributed by atoms with E-state index in [1.807, 2.05) is 0 Å². The standard InChI is InChI=1S/C42H25Br2N3/c43-26-17-20-35(44)42(23-26)47-40-21-18-27(45-36-13-5-1-9-29(36)30-10-2-6-14-37(30)45)24-33(40)34-25-28(19-22-41(34)47)46-38-15-7-3-11-31(38)32-12-4-8-16-39(32)46/h1-25H. The Morgan fingerprint density at radius 1 is 0.319 bits per heavy atom. The molecule has 0 unspecified atom stereocenters. The largest absolute Gasteiger partial charge is 0.309 e. The number of nitrogens with zero attached hydrogens (tertiary/aromatic N) is 3.